The molecule has 3 atom stereocenters. The van der Waals surface area contributed by atoms with Crippen LogP contribution in [0, 0.1) is 16.7 Å². The molecule has 2 bridgehead atoms. The number of nitrogens with one attached hydrogen (secondary N) is 1. The molecule has 1 heterocycles. The van der Waals surface area contributed by atoms with E-state index in [1.54, 1.807) is 18.4 Å². The summed E-state index contributed by atoms with van der Waals surface area (Å²) in [5, 5.41) is 3.18. The second-order valence-electron chi connectivity index (χ2n) is 6.61. The molecule has 1 amide bonds. The summed E-state index contributed by atoms with van der Waals surface area (Å²) in [5.41, 5.74) is 0.550. The molecule has 3 rings (SSSR count). The van der Waals surface area contributed by atoms with E-state index in [1.807, 2.05) is 0 Å². The van der Waals surface area contributed by atoms with E-state index in [-0.39, 0.29) is 17.4 Å². The maximum Gasteiger partial charge on any atom is 0.287 e. The molecule has 3 heteroatoms. The Morgan fingerprint density at radius 3 is 2.72 bits per heavy atom. The van der Waals surface area contributed by atoms with Gasteiger partial charge in [0.1, 0.15) is 0 Å². The molecule has 0 aliphatic heterocycles. The van der Waals surface area contributed by atoms with Crippen LogP contribution in [0.1, 0.15) is 50.6 Å². The van der Waals surface area contributed by atoms with Crippen LogP contribution in [0.4, 0.5) is 0 Å². The predicted molar refractivity (Wildman–Crippen MR) is 69.2 cm³/mol. The van der Waals surface area contributed by atoms with E-state index in [9.17, 15) is 4.79 Å². The average Bonchev–Trinajstić information content (AvgIpc) is 2.95. The van der Waals surface area contributed by atoms with Crippen LogP contribution in [0.5, 0.6) is 0 Å². The Labute approximate surface area is 108 Å². The third-order valence-corrected chi connectivity index (χ3v) is 5.84. The van der Waals surface area contributed by atoms with Gasteiger partial charge in [0.05, 0.1) is 6.26 Å². The van der Waals surface area contributed by atoms with E-state index in [1.165, 1.54) is 12.8 Å². The van der Waals surface area contributed by atoms with Crippen LogP contribution in [0.2, 0.25) is 0 Å². The Kier molecular flexibility index (Phi) is 2.38. The Balaban J connectivity index is 1.78. The van der Waals surface area contributed by atoms with Gasteiger partial charge >= 0.3 is 0 Å². The SMILES string of the molecule is CC1(C)[C@H]2CC[C@]1(C)[C@H](NC(=O)c1ccco1)C2. The second kappa shape index (κ2) is 3.62. The molecule has 2 aliphatic carbocycles. The molecule has 1 aromatic heterocycles. The van der Waals surface area contributed by atoms with Crippen LogP contribution in [0.15, 0.2) is 22.8 Å². The van der Waals surface area contributed by atoms with Crippen molar-refractivity contribution in [1.82, 2.24) is 5.32 Å². The first-order chi connectivity index (χ1) is 8.45. The van der Waals surface area contributed by atoms with Gasteiger partial charge in [0.25, 0.3) is 5.91 Å². The molecule has 18 heavy (non-hydrogen) atoms. The summed E-state index contributed by atoms with van der Waals surface area (Å²) < 4.78 is 5.16. The summed E-state index contributed by atoms with van der Waals surface area (Å²) >= 11 is 0. The topological polar surface area (TPSA) is 42.2 Å². The van der Waals surface area contributed by atoms with Gasteiger partial charge in [0.15, 0.2) is 5.76 Å². The Hall–Kier alpha value is -1.25. The fourth-order valence-electron chi connectivity index (χ4n) is 4.06. The highest BCUT2D eigenvalue weighted by molar-refractivity contribution is 5.91. The first-order valence-electron chi connectivity index (χ1n) is 6.79. The molecule has 2 fully saturated rings. The lowest BCUT2D eigenvalue weighted by molar-refractivity contribution is 0.0801. The van der Waals surface area contributed by atoms with Gasteiger partial charge in [0.2, 0.25) is 0 Å². The smallest absolute Gasteiger partial charge is 0.287 e. The Bertz CT molecular complexity index is 463. The zero-order chi connectivity index (χ0) is 13.0. The van der Waals surface area contributed by atoms with Crippen molar-refractivity contribution in [3.05, 3.63) is 24.2 Å². The minimum absolute atomic E-state index is 0.0745. The number of hydrogen-bond donors (Lipinski definition) is 1. The number of carbonyl (C=O) groups excluding carboxylic acids is 1. The first-order valence-corrected chi connectivity index (χ1v) is 6.79. The van der Waals surface area contributed by atoms with Crippen LogP contribution < -0.4 is 5.32 Å². The van der Waals surface area contributed by atoms with E-state index in [0.29, 0.717) is 11.2 Å². The van der Waals surface area contributed by atoms with E-state index >= 15 is 0 Å². The van der Waals surface area contributed by atoms with Crippen LogP contribution in [0.25, 0.3) is 0 Å². The van der Waals surface area contributed by atoms with Crippen molar-refractivity contribution in [2.75, 3.05) is 0 Å². The standard InChI is InChI=1S/C15H21NO2/c1-14(2)10-6-7-15(14,3)12(9-10)16-13(17)11-5-4-8-18-11/h4-5,8,10,12H,6-7,9H2,1-3H3,(H,16,17)/t10-,12+,15+/m0/s1. The molecule has 98 valence electrons. The molecule has 1 aromatic rings. The summed E-state index contributed by atoms with van der Waals surface area (Å²) in [6, 6.07) is 3.75. The quantitative estimate of drug-likeness (QED) is 0.871. The van der Waals surface area contributed by atoms with Gasteiger partial charge in [-0.2, -0.15) is 0 Å². The Morgan fingerprint density at radius 1 is 1.44 bits per heavy atom. The molecule has 1 N–H and O–H groups in total. The van der Waals surface area contributed by atoms with Gasteiger partial charge in [-0.3, -0.25) is 4.79 Å². The summed E-state index contributed by atoms with van der Waals surface area (Å²) in [5.74, 6) is 1.08. The molecule has 0 unspecified atom stereocenters. The second-order valence-corrected chi connectivity index (χ2v) is 6.61. The zero-order valence-electron chi connectivity index (χ0n) is 11.3. The number of hydrogen-bond acceptors (Lipinski definition) is 2. The zero-order valence-corrected chi connectivity index (χ0v) is 11.3. The summed E-state index contributed by atoms with van der Waals surface area (Å²) in [6.07, 6.45) is 5.17. The van der Waals surface area contributed by atoms with Crippen molar-refractivity contribution in [2.24, 2.45) is 16.7 Å². The minimum Gasteiger partial charge on any atom is -0.459 e. The van der Waals surface area contributed by atoms with E-state index in [0.717, 1.165) is 12.3 Å². The van der Waals surface area contributed by atoms with Crippen molar-refractivity contribution in [3.63, 3.8) is 0 Å². The molecule has 0 aromatic carbocycles. The monoisotopic (exact) mass is 247 g/mol. The lowest BCUT2D eigenvalue weighted by Crippen LogP contribution is -2.46. The van der Waals surface area contributed by atoms with Crippen molar-refractivity contribution in [3.8, 4) is 0 Å². The summed E-state index contributed by atoms with van der Waals surface area (Å²) in [6.45, 7) is 7.03. The number of furan rings is 1. The third-order valence-electron chi connectivity index (χ3n) is 5.84. The van der Waals surface area contributed by atoms with Crippen LogP contribution in [-0.2, 0) is 0 Å². The highest BCUT2D eigenvalue weighted by Crippen LogP contribution is 2.65. The van der Waals surface area contributed by atoms with E-state index < -0.39 is 0 Å². The van der Waals surface area contributed by atoms with E-state index in [4.69, 9.17) is 4.42 Å². The van der Waals surface area contributed by atoms with Gasteiger partial charge in [0, 0.05) is 6.04 Å². The maximum absolute atomic E-state index is 12.1. The lowest BCUT2D eigenvalue weighted by atomic mass is 9.69. The van der Waals surface area contributed by atoms with Gasteiger partial charge in [-0.25, -0.2) is 0 Å². The molecule has 2 saturated carbocycles. The number of rotatable bonds is 2. The fraction of sp³-hybridized carbons (Fsp3) is 0.667. The van der Waals surface area contributed by atoms with Crippen molar-refractivity contribution >= 4 is 5.91 Å². The average molecular weight is 247 g/mol. The summed E-state index contributed by atoms with van der Waals surface area (Å²) in [7, 11) is 0. The van der Waals surface area contributed by atoms with Crippen molar-refractivity contribution in [2.45, 2.75) is 46.1 Å². The summed E-state index contributed by atoms with van der Waals surface area (Å²) in [4.78, 5) is 12.1. The molecule has 0 spiro atoms. The third kappa shape index (κ3) is 1.39. The van der Waals surface area contributed by atoms with Crippen molar-refractivity contribution in [1.29, 1.82) is 0 Å². The van der Waals surface area contributed by atoms with Gasteiger partial charge in [-0.1, -0.05) is 20.8 Å². The lowest BCUT2D eigenvalue weighted by Gasteiger charge is -2.39. The fourth-order valence-corrected chi connectivity index (χ4v) is 4.06. The number of fused-ring (bicyclic) bond motifs is 2. The van der Waals surface area contributed by atoms with Crippen molar-refractivity contribution < 1.29 is 9.21 Å². The van der Waals surface area contributed by atoms with Crippen LogP contribution in [-0.4, -0.2) is 11.9 Å². The molecule has 3 nitrogen and oxygen atoms in total. The first kappa shape index (κ1) is 11.8. The molecule has 0 radical (unpaired) electrons. The predicted octanol–water partition coefficient (Wildman–Crippen LogP) is 3.22. The Morgan fingerprint density at radius 2 is 2.22 bits per heavy atom. The van der Waals surface area contributed by atoms with Gasteiger partial charge < -0.3 is 9.73 Å². The number of amides is 1. The van der Waals surface area contributed by atoms with Crippen LogP contribution in [0.3, 0.4) is 0 Å². The highest BCUT2D eigenvalue weighted by atomic mass is 16.3. The maximum atomic E-state index is 12.1. The number of carbonyl (C=O) groups is 1. The van der Waals surface area contributed by atoms with Gasteiger partial charge in [-0.05, 0) is 48.1 Å². The minimum atomic E-state index is -0.0745. The molecule has 2 aliphatic rings. The highest BCUT2D eigenvalue weighted by Gasteiger charge is 2.61. The normalized spacial score (nSPS) is 36.8. The van der Waals surface area contributed by atoms with E-state index in [2.05, 4.69) is 26.1 Å². The largest absolute Gasteiger partial charge is 0.459 e. The van der Waals surface area contributed by atoms with Crippen LogP contribution >= 0.6 is 0 Å². The van der Waals surface area contributed by atoms with Gasteiger partial charge in [-0.15, -0.1) is 0 Å². The molecule has 0 saturated heterocycles. The molecular weight excluding hydrogens is 226 g/mol. The molecular formula is C15H21NO2.